The average molecular weight is 256 g/mol. The zero-order chi connectivity index (χ0) is 13.1. The minimum absolute atomic E-state index is 0.00519. The van der Waals surface area contributed by atoms with Crippen LogP contribution in [-0.2, 0) is 20.4 Å². The maximum atomic E-state index is 11.4. The molecule has 17 heavy (non-hydrogen) atoms. The predicted molar refractivity (Wildman–Crippen MR) is 65.7 cm³/mol. The maximum absolute atomic E-state index is 11.4. The Balaban J connectivity index is 2.86. The van der Waals surface area contributed by atoms with E-state index in [1.165, 1.54) is 0 Å². The first-order valence-corrected chi connectivity index (χ1v) is 7.20. The normalized spacial score (nSPS) is 13.3. The van der Waals surface area contributed by atoms with Gasteiger partial charge in [0.15, 0.2) is 9.84 Å². The Morgan fingerprint density at radius 2 is 1.82 bits per heavy atom. The number of carboxylic acid groups (broad SMARTS) is 1. The van der Waals surface area contributed by atoms with Crippen LogP contribution in [0.1, 0.15) is 30.9 Å². The molecule has 5 heteroatoms. The summed E-state index contributed by atoms with van der Waals surface area (Å²) >= 11 is 0. The summed E-state index contributed by atoms with van der Waals surface area (Å²) < 4.78 is 22.8. The standard InChI is InChI=1S/C12H16O4S/c1-3-17(15,16)8-10-4-6-11(7-5-10)9(2)12(13)14/h4-7,9H,3,8H2,1-2H3,(H,13,14). The number of carboxylic acids is 1. The lowest BCUT2D eigenvalue weighted by Crippen LogP contribution is -2.09. The Hall–Kier alpha value is -1.36. The summed E-state index contributed by atoms with van der Waals surface area (Å²) in [5, 5.41) is 8.83. The lowest BCUT2D eigenvalue weighted by molar-refractivity contribution is -0.138. The van der Waals surface area contributed by atoms with Gasteiger partial charge in [0, 0.05) is 5.75 Å². The molecule has 0 aliphatic carbocycles. The molecule has 0 aliphatic heterocycles. The molecule has 1 unspecified atom stereocenters. The van der Waals surface area contributed by atoms with Crippen molar-refractivity contribution in [3.05, 3.63) is 35.4 Å². The Bertz CT molecular complexity index is 488. The largest absolute Gasteiger partial charge is 0.481 e. The van der Waals surface area contributed by atoms with Crippen LogP contribution in [0.4, 0.5) is 0 Å². The highest BCUT2D eigenvalue weighted by atomic mass is 32.2. The van der Waals surface area contributed by atoms with Crippen molar-refractivity contribution in [3.8, 4) is 0 Å². The highest BCUT2D eigenvalue weighted by Gasteiger charge is 2.14. The lowest BCUT2D eigenvalue weighted by Gasteiger charge is -2.07. The molecule has 0 aromatic heterocycles. The summed E-state index contributed by atoms with van der Waals surface area (Å²) in [4.78, 5) is 10.8. The first kappa shape index (κ1) is 13.7. The van der Waals surface area contributed by atoms with E-state index in [4.69, 9.17) is 5.11 Å². The van der Waals surface area contributed by atoms with Crippen LogP contribution in [0, 0.1) is 0 Å². The van der Waals surface area contributed by atoms with Crippen LogP contribution in [0.5, 0.6) is 0 Å². The van der Waals surface area contributed by atoms with Gasteiger partial charge in [-0.2, -0.15) is 0 Å². The molecule has 4 nitrogen and oxygen atoms in total. The third-order valence-corrected chi connectivity index (χ3v) is 4.33. The predicted octanol–water partition coefficient (Wildman–Crippen LogP) is 1.81. The van der Waals surface area contributed by atoms with E-state index in [1.807, 2.05) is 0 Å². The van der Waals surface area contributed by atoms with Crippen molar-refractivity contribution < 1.29 is 18.3 Å². The van der Waals surface area contributed by atoms with Gasteiger partial charge in [-0.3, -0.25) is 4.79 Å². The zero-order valence-corrected chi connectivity index (χ0v) is 10.7. The molecule has 1 aromatic rings. The van der Waals surface area contributed by atoms with Crippen LogP contribution in [0.2, 0.25) is 0 Å². The van der Waals surface area contributed by atoms with Crippen molar-refractivity contribution in [2.24, 2.45) is 0 Å². The second kappa shape index (κ2) is 5.31. The molecule has 1 rings (SSSR count). The van der Waals surface area contributed by atoms with Gasteiger partial charge < -0.3 is 5.11 Å². The number of rotatable bonds is 5. The summed E-state index contributed by atoms with van der Waals surface area (Å²) in [6.45, 7) is 3.20. The molecule has 0 amide bonds. The third-order valence-electron chi connectivity index (χ3n) is 2.68. The van der Waals surface area contributed by atoms with Crippen molar-refractivity contribution in [2.45, 2.75) is 25.5 Å². The van der Waals surface area contributed by atoms with E-state index in [9.17, 15) is 13.2 Å². The molecular formula is C12H16O4S. The van der Waals surface area contributed by atoms with Gasteiger partial charge in [-0.25, -0.2) is 8.42 Å². The molecule has 1 atom stereocenters. The van der Waals surface area contributed by atoms with Crippen molar-refractivity contribution >= 4 is 15.8 Å². The van der Waals surface area contributed by atoms with Crippen LogP contribution < -0.4 is 0 Å². The highest BCUT2D eigenvalue weighted by molar-refractivity contribution is 7.90. The van der Waals surface area contributed by atoms with Crippen molar-refractivity contribution in [1.29, 1.82) is 0 Å². The molecule has 0 spiro atoms. The minimum Gasteiger partial charge on any atom is -0.481 e. The number of hydrogen-bond acceptors (Lipinski definition) is 3. The number of hydrogen-bond donors (Lipinski definition) is 1. The van der Waals surface area contributed by atoms with Crippen molar-refractivity contribution in [3.63, 3.8) is 0 Å². The van der Waals surface area contributed by atoms with Gasteiger partial charge >= 0.3 is 5.97 Å². The van der Waals surface area contributed by atoms with Crippen molar-refractivity contribution in [2.75, 3.05) is 5.75 Å². The van der Waals surface area contributed by atoms with E-state index >= 15 is 0 Å². The molecule has 1 aromatic carbocycles. The second-order valence-electron chi connectivity index (χ2n) is 3.98. The van der Waals surface area contributed by atoms with Crippen LogP contribution in [-0.4, -0.2) is 25.2 Å². The fourth-order valence-corrected chi connectivity index (χ4v) is 2.31. The first-order valence-electron chi connectivity index (χ1n) is 5.38. The number of sulfone groups is 1. The van der Waals surface area contributed by atoms with Gasteiger partial charge in [0.1, 0.15) is 0 Å². The molecule has 94 valence electrons. The molecule has 1 N–H and O–H groups in total. The van der Waals surface area contributed by atoms with Gasteiger partial charge in [-0.1, -0.05) is 31.2 Å². The van der Waals surface area contributed by atoms with Crippen LogP contribution >= 0.6 is 0 Å². The zero-order valence-electron chi connectivity index (χ0n) is 9.88. The number of aliphatic carboxylic acids is 1. The Labute approximate surface area is 101 Å². The Kier molecular flexibility index (Phi) is 4.28. The Morgan fingerprint density at radius 3 is 2.24 bits per heavy atom. The van der Waals surface area contributed by atoms with Gasteiger partial charge in [-0.05, 0) is 18.1 Å². The molecule has 0 saturated heterocycles. The van der Waals surface area contributed by atoms with E-state index in [1.54, 1.807) is 38.1 Å². The van der Waals surface area contributed by atoms with Gasteiger partial charge in [0.2, 0.25) is 0 Å². The van der Waals surface area contributed by atoms with Crippen molar-refractivity contribution in [1.82, 2.24) is 0 Å². The SMILES string of the molecule is CCS(=O)(=O)Cc1ccc(C(C)C(=O)O)cc1. The van der Waals surface area contributed by atoms with E-state index < -0.39 is 21.7 Å². The number of carbonyl (C=O) groups is 1. The van der Waals surface area contributed by atoms with E-state index in [0.717, 1.165) is 0 Å². The van der Waals surface area contributed by atoms with E-state index in [-0.39, 0.29) is 11.5 Å². The lowest BCUT2D eigenvalue weighted by atomic mass is 10.0. The summed E-state index contributed by atoms with van der Waals surface area (Å²) in [5.41, 5.74) is 1.36. The second-order valence-corrected chi connectivity index (χ2v) is 6.33. The topological polar surface area (TPSA) is 71.4 Å². The molecule has 0 radical (unpaired) electrons. The molecule has 0 heterocycles. The summed E-state index contributed by atoms with van der Waals surface area (Å²) in [6.07, 6.45) is 0. The summed E-state index contributed by atoms with van der Waals surface area (Å²) in [5.74, 6) is -1.35. The molecule has 0 aliphatic rings. The maximum Gasteiger partial charge on any atom is 0.310 e. The third kappa shape index (κ3) is 3.85. The Morgan fingerprint density at radius 1 is 1.29 bits per heavy atom. The van der Waals surface area contributed by atoms with Crippen LogP contribution in [0.15, 0.2) is 24.3 Å². The van der Waals surface area contributed by atoms with Gasteiger partial charge in [0.05, 0.1) is 11.7 Å². The van der Waals surface area contributed by atoms with Crippen LogP contribution in [0.3, 0.4) is 0 Å². The fraction of sp³-hybridized carbons (Fsp3) is 0.417. The smallest absolute Gasteiger partial charge is 0.310 e. The van der Waals surface area contributed by atoms with Gasteiger partial charge in [-0.15, -0.1) is 0 Å². The van der Waals surface area contributed by atoms with Crippen LogP contribution in [0.25, 0.3) is 0 Å². The first-order chi connectivity index (χ1) is 7.85. The highest BCUT2D eigenvalue weighted by Crippen LogP contribution is 2.17. The van der Waals surface area contributed by atoms with Gasteiger partial charge in [0.25, 0.3) is 0 Å². The minimum atomic E-state index is -3.04. The van der Waals surface area contributed by atoms with E-state index in [2.05, 4.69) is 0 Å². The number of benzene rings is 1. The fourth-order valence-electron chi connectivity index (χ4n) is 1.40. The molecular weight excluding hydrogens is 240 g/mol. The average Bonchev–Trinajstić information content (AvgIpc) is 2.28. The monoisotopic (exact) mass is 256 g/mol. The molecule has 0 saturated carbocycles. The quantitative estimate of drug-likeness (QED) is 0.872. The molecule has 0 bridgehead atoms. The van der Waals surface area contributed by atoms with E-state index in [0.29, 0.717) is 11.1 Å². The molecule has 0 fully saturated rings. The summed E-state index contributed by atoms with van der Waals surface area (Å²) in [6, 6.07) is 6.67. The summed E-state index contributed by atoms with van der Waals surface area (Å²) in [7, 11) is -3.04.